The Kier molecular flexibility index (Phi) is 6.89. The summed E-state index contributed by atoms with van der Waals surface area (Å²) in [5.74, 6) is 1.42. The zero-order valence-electron chi connectivity index (χ0n) is 12.8. The van der Waals surface area contributed by atoms with Gasteiger partial charge in [0.2, 0.25) is 0 Å². The zero-order chi connectivity index (χ0) is 15.1. The summed E-state index contributed by atoms with van der Waals surface area (Å²) in [6.07, 6.45) is 0.822. The molecule has 0 saturated carbocycles. The molecule has 0 heterocycles. The zero-order valence-corrected chi connectivity index (χ0v) is 13.5. The van der Waals surface area contributed by atoms with Gasteiger partial charge in [0, 0.05) is 35.7 Å². The van der Waals surface area contributed by atoms with Gasteiger partial charge < -0.3 is 14.8 Å². The summed E-state index contributed by atoms with van der Waals surface area (Å²) in [4.78, 5) is 0. The van der Waals surface area contributed by atoms with Gasteiger partial charge in [-0.3, -0.25) is 0 Å². The molecule has 0 spiro atoms. The third-order valence-electron chi connectivity index (χ3n) is 2.79. The molecule has 0 aromatic heterocycles. The van der Waals surface area contributed by atoms with Gasteiger partial charge in [-0.2, -0.15) is 0 Å². The molecule has 0 fully saturated rings. The molecule has 0 bridgehead atoms. The second-order valence-electron chi connectivity index (χ2n) is 5.19. The molecule has 1 N–H and O–H groups in total. The van der Waals surface area contributed by atoms with E-state index >= 15 is 0 Å². The lowest BCUT2D eigenvalue weighted by Gasteiger charge is -2.17. The Morgan fingerprint density at radius 1 is 1.40 bits per heavy atom. The number of rotatable bonds is 8. The maximum atomic E-state index is 6.12. The average molecular weight is 298 g/mol. The summed E-state index contributed by atoms with van der Waals surface area (Å²) < 4.78 is 11.2. The summed E-state index contributed by atoms with van der Waals surface area (Å²) >= 11 is 6.12. The maximum Gasteiger partial charge on any atom is 0.165 e. The molecular formula is C16H24ClNO2. The predicted octanol–water partition coefficient (Wildman–Crippen LogP) is 4.19. The van der Waals surface area contributed by atoms with E-state index in [1.807, 2.05) is 13.0 Å². The summed E-state index contributed by atoms with van der Waals surface area (Å²) in [7, 11) is 1.62. The van der Waals surface area contributed by atoms with Gasteiger partial charge in [0.15, 0.2) is 11.5 Å². The molecular weight excluding hydrogens is 274 g/mol. The highest BCUT2D eigenvalue weighted by molar-refractivity contribution is 6.30. The molecule has 20 heavy (non-hydrogen) atoms. The summed E-state index contributed by atoms with van der Waals surface area (Å²) in [5, 5.41) is 4.02. The van der Waals surface area contributed by atoms with E-state index in [-0.39, 0.29) is 0 Å². The monoisotopic (exact) mass is 297 g/mol. The van der Waals surface area contributed by atoms with Crippen LogP contribution in [0.3, 0.4) is 0 Å². The van der Waals surface area contributed by atoms with E-state index < -0.39 is 0 Å². The lowest BCUT2D eigenvalue weighted by molar-refractivity contribution is 0.293. The fraction of sp³-hybridized carbons (Fsp3) is 0.500. The van der Waals surface area contributed by atoms with E-state index in [1.54, 1.807) is 13.2 Å². The van der Waals surface area contributed by atoms with E-state index in [2.05, 4.69) is 25.7 Å². The number of methoxy groups -OCH3 is 1. The first-order chi connectivity index (χ1) is 9.43. The first-order valence-electron chi connectivity index (χ1n) is 6.81. The van der Waals surface area contributed by atoms with Crippen LogP contribution in [-0.2, 0) is 6.54 Å². The van der Waals surface area contributed by atoms with Crippen molar-refractivity contribution in [1.82, 2.24) is 5.32 Å². The van der Waals surface area contributed by atoms with Gasteiger partial charge in [-0.05, 0) is 13.0 Å². The van der Waals surface area contributed by atoms with Crippen LogP contribution in [0.5, 0.6) is 11.5 Å². The summed E-state index contributed by atoms with van der Waals surface area (Å²) in [6, 6.07) is 4.08. The molecule has 0 amide bonds. The molecule has 0 atom stereocenters. The maximum absolute atomic E-state index is 6.12. The van der Waals surface area contributed by atoms with Crippen molar-refractivity contribution in [3.63, 3.8) is 0 Å². The lowest BCUT2D eigenvalue weighted by atomic mass is 10.1. The van der Waals surface area contributed by atoms with E-state index in [0.29, 0.717) is 30.0 Å². The number of ether oxygens (including phenoxy) is 2. The van der Waals surface area contributed by atoms with Crippen LogP contribution in [-0.4, -0.2) is 19.8 Å². The van der Waals surface area contributed by atoms with E-state index in [4.69, 9.17) is 21.1 Å². The van der Waals surface area contributed by atoms with Crippen molar-refractivity contribution in [2.45, 2.75) is 39.8 Å². The topological polar surface area (TPSA) is 30.5 Å². The van der Waals surface area contributed by atoms with Gasteiger partial charge in [-0.25, -0.2) is 0 Å². The van der Waals surface area contributed by atoms with Crippen molar-refractivity contribution in [1.29, 1.82) is 0 Å². The Labute approximate surface area is 126 Å². The van der Waals surface area contributed by atoms with Crippen LogP contribution in [0.25, 0.3) is 0 Å². The van der Waals surface area contributed by atoms with Crippen LogP contribution in [0, 0.1) is 0 Å². The third-order valence-corrected chi connectivity index (χ3v) is 3.01. The molecule has 0 aliphatic heterocycles. The third kappa shape index (κ3) is 5.43. The quantitative estimate of drug-likeness (QED) is 0.730. The Morgan fingerprint density at radius 2 is 2.10 bits per heavy atom. The number of halogens is 1. The Bertz CT molecular complexity index is 458. The number of nitrogens with one attached hydrogen (secondary N) is 1. The fourth-order valence-corrected chi connectivity index (χ4v) is 1.94. The van der Waals surface area contributed by atoms with Gasteiger partial charge in [0.25, 0.3) is 0 Å². The van der Waals surface area contributed by atoms with E-state index in [0.717, 1.165) is 23.3 Å². The minimum absolute atomic E-state index is 0.392. The molecule has 3 nitrogen and oxygen atoms in total. The highest BCUT2D eigenvalue weighted by Gasteiger charge is 2.13. The van der Waals surface area contributed by atoms with Crippen LogP contribution < -0.4 is 14.8 Å². The second-order valence-corrected chi connectivity index (χ2v) is 5.62. The van der Waals surface area contributed by atoms with E-state index in [9.17, 15) is 0 Å². The lowest BCUT2D eigenvalue weighted by Crippen LogP contribution is -2.22. The summed E-state index contributed by atoms with van der Waals surface area (Å²) in [5.41, 5.74) is 2.10. The van der Waals surface area contributed by atoms with Crippen LogP contribution in [0.15, 0.2) is 24.3 Å². The van der Waals surface area contributed by atoms with Gasteiger partial charge in [0.05, 0.1) is 13.7 Å². The van der Waals surface area contributed by atoms with Crippen LogP contribution in [0.2, 0.25) is 5.02 Å². The average Bonchev–Trinajstić information content (AvgIpc) is 2.37. The van der Waals surface area contributed by atoms with Crippen LogP contribution >= 0.6 is 11.6 Å². The second kappa shape index (κ2) is 8.18. The van der Waals surface area contributed by atoms with Crippen molar-refractivity contribution in [3.05, 3.63) is 34.9 Å². The van der Waals surface area contributed by atoms with Gasteiger partial charge in [-0.15, -0.1) is 6.58 Å². The normalized spacial score (nSPS) is 10.7. The standard InChI is InChI=1S/C16H24ClNO2/c1-11(2)6-7-20-16-13(10-18-12(3)4)8-14(17)9-15(16)19-5/h8-9,12,18H,1,6-7,10H2,2-5H3. The van der Waals surface area contributed by atoms with Gasteiger partial charge in [-0.1, -0.05) is 31.0 Å². The van der Waals surface area contributed by atoms with E-state index in [1.165, 1.54) is 0 Å². The van der Waals surface area contributed by atoms with Gasteiger partial charge >= 0.3 is 0 Å². The van der Waals surface area contributed by atoms with Crippen molar-refractivity contribution in [2.75, 3.05) is 13.7 Å². The minimum Gasteiger partial charge on any atom is -0.493 e. The molecule has 0 radical (unpaired) electrons. The highest BCUT2D eigenvalue weighted by Crippen LogP contribution is 2.35. The number of benzene rings is 1. The van der Waals surface area contributed by atoms with Crippen molar-refractivity contribution in [3.8, 4) is 11.5 Å². The SMILES string of the molecule is C=C(C)CCOc1c(CNC(C)C)cc(Cl)cc1OC. The van der Waals surface area contributed by atoms with Crippen molar-refractivity contribution in [2.24, 2.45) is 0 Å². The van der Waals surface area contributed by atoms with Crippen LogP contribution in [0.1, 0.15) is 32.8 Å². The first kappa shape index (κ1) is 16.9. The smallest absolute Gasteiger partial charge is 0.165 e. The van der Waals surface area contributed by atoms with Crippen molar-refractivity contribution < 1.29 is 9.47 Å². The molecule has 1 aromatic rings. The molecule has 1 aromatic carbocycles. The number of hydrogen-bond acceptors (Lipinski definition) is 3. The number of hydrogen-bond donors (Lipinski definition) is 1. The molecule has 0 saturated heterocycles. The molecule has 0 unspecified atom stereocenters. The minimum atomic E-state index is 0.392. The first-order valence-corrected chi connectivity index (χ1v) is 7.18. The molecule has 1 rings (SSSR count). The van der Waals surface area contributed by atoms with Crippen LogP contribution in [0.4, 0.5) is 0 Å². The Hall–Kier alpha value is -1.19. The van der Waals surface area contributed by atoms with Crippen molar-refractivity contribution >= 4 is 11.6 Å². The van der Waals surface area contributed by atoms with Gasteiger partial charge in [0.1, 0.15) is 0 Å². The molecule has 112 valence electrons. The molecule has 0 aliphatic rings. The predicted molar refractivity (Wildman–Crippen MR) is 84.9 cm³/mol. The Morgan fingerprint density at radius 3 is 2.65 bits per heavy atom. The summed E-state index contributed by atoms with van der Waals surface area (Å²) in [6.45, 7) is 11.3. The molecule has 4 heteroatoms. The highest BCUT2D eigenvalue weighted by atomic mass is 35.5. The molecule has 0 aliphatic carbocycles. The Balaban J connectivity index is 2.92. The fourth-order valence-electron chi connectivity index (χ4n) is 1.71. The largest absolute Gasteiger partial charge is 0.493 e.